The molecular formula is C23H38IN3O2. The average Bonchev–Trinajstić information content (AvgIpc) is 2.71. The minimum Gasteiger partial charge on any atom is -0.385 e. The Morgan fingerprint density at radius 3 is 2.72 bits per heavy atom. The van der Waals surface area contributed by atoms with Crippen molar-refractivity contribution >= 4 is 29.9 Å². The van der Waals surface area contributed by atoms with Gasteiger partial charge in [0, 0.05) is 40.5 Å². The summed E-state index contributed by atoms with van der Waals surface area (Å²) in [4.78, 5) is 4.37. The highest BCUT2D eigenvalue weighted by Gasteiger charge is 2.36. The Balaban J connectivity index is 0.00000300. The van der Waals surface area contributed by atoms with Gasteiger partial charge in [0.2, 0.25) is 0 Å². The predicted octanol–water partition coefficient (Wildman–Crippen LogP) is 4.46. The lowest BCUT2D eigenvalue weighted by Crippen LogP contribution is -2.47. The topological polar surface area (TPSA) is 54.9 Å². The molecule has 6 heteroatoms. The Labute approximate surface area is 193 Å². The number of halogens is 1. The average molecular weight is 515 g/mol. The smallest absolute Gasteiger partial charge is 0.190 e. The van der Waals surface area contributed by atoms with Crippen LogP contribution in [-0.4, -0.2) is 46.4 Å². The van der Waals surface area contributed by atoms with Gasteiger partial charge in [0.15, 0.2) is 5.96 Å². The Bertz CT molecular complexity index is 634. The molecule has 0 amide bonds. The van der Waals surface area contributed by atoms with E-state index in [2.05, 4.69) is 39.9 Å². The Kier molecular flexibility index (Phi) is 10.7. The Morgan fingerprint density at radius 1 is 1.17 bits per heavy atom. The molecule has 164 valence electrons. The number of benzene rings is 1. The highest BCUT2D eigenvalue weighted by Crippen LogP contribution is 2.43. The number of ether oxygens (including phenoxy) is 2. The van der Waals surface area contributed by atoms with Crippen LogP contribution in [0.25, 0.3) is 0 Å². The Morgan fingerprint density at radius 2 is 2.00 bits per heavy atom. The van der Waals surface area contributed by atoms with Gasteiger partial charge in [-0.05, 0) is 61.5 Å². The van der Waals surface area contributed by atoms with Crippen LogP contribution >= 0.6 is 24.0 Å². The third kappa shape index (κ3) is 7.10. The molecule has 1 unspecified atom stereocenters. The van der Waals surface area contributed by atoms with E-state index in [1.807, 2.05) is 7.05 Å². The van der Waals surface area contributed by atoms with E-state index < -0.39 is 0 Å². The zero-order valence-electron chi connectivity index (χ0n) is 18.0. The zero-order chi connectivity index (χ0) is 19.7. The van der Waals surface area contributed by atoms with Gasteiger partial charge in [-0.3, -0.25) is 4.99 Å². The number of aryl methyl sites for hydroxylation is 1. The van der Waals surface area contributed by atoms with Crippen LogP contribution in [-0.2, 0) is 15.9 Å². The normalized spacial score (nSPS) is 20.2. The number of nitrogens with zero attached hydrogens (tertiary/aromatic N) is 1. The summed E-state index contributed by atoms with van der Waals surface area (Å²) in [7, 11) is 3.63. The summed E-state index contributed by atoms with van der Waals surface area (Å²) < 4.78 is 11.5. The van der Waals surface area contributed by atoms with Crippen molar-refractivity contribution in [3.8, 4) is 0 Å². The number of fused-ring (bicyclic) bond motifs is 1. The maximum Gasteiger partial charge on any atom is 0.190 e. The summed E-state index contributed by atoms with van der Waals surface area (Å²) in [6.07, 6.45) is 9.83. The first-order valence-electron chi connectivity index (χ1n) is 10.9. The molecular weight excluding hydrogens is 477 g/mol. The molecule has 1 aromatic carbocycles. The molecule has 1 aromatic rings. The van der Waals surface area contributed by atoms with Crippen LogP contribution in [0, 0.1) is 5.41 Å². The number of hydrogen-bond acceptors (Lipinski definition) is 3. The summed E-state index contributed by atoms with van der Waals surface area (Å²) in [5.74, 6) is 0.895. The molecule has 0 aromatic heterocycles. The highest BCUT2D eigenvalue weighted by atomic mass is 127. The molecule has 1 atom stereocenters. The predicted molar refractivity (Wildman–Crippen MR) is 130 cm³/mol. The molecule has 2 aliphatic carbocycles. The largest absolute Gasteiger partial charge is 0.385 e. The van der Waals surface area contributed by atoms with Crippen molar-refractivity contribution in [2.75, 3.05) is 40.5 Å². The number of rotatable bonds is 10. The number of methoxy groups -OCH3 is 1. The molecule has 1 saturated carbocycles. The molecule has 2 N–H and O–H groups in total. The molecule has 0 spiro atoms. The molecule has 5 nitrogen and oxygen atoms in total. The first-order valence-corrected chi connectivity index (χ1v) is 10.9. The van der Waals surface area contributed by atoms with Crippen molar-refractivity contribution in [1.82, 2.24) is 10.6 Å². The van der Waals surface area contributed by atoms with Gasteiger partial charge in [-0.2, -0.15) is 0 Å². The molecule has 0 bridgehead atoms. The Hall–Kier alpha value is -0.860. The van der Waals surface area contributed by atoms with Crippen LogP contribution in [0.15, 0.2) is 29.3 Å². The number of hydrogen-bond donors (Lipinski definition) is 2. The molecule has 3 rings (SSSR count). The summed E-state index contributed by atoms with van der Waals surface area (Å²) in [5, 5.41) is 6.95. The van der Waals surface area contributed by atoms with Crippen LogP contribution in [0.4, 0.5) is 0 Å². The second-order valence-corrected chi connectivity index (χ2v) is 8.25. The van der Waals surface area contributed by atoms with E-state index in [1.165, 1.54) is 43.2 Å². The maximum absolute atomic E-state index is 6.20. The number of guanidine groups is 1. The molecule has 0 heterocycles. The van der Waals surface area contributed by atoms with Crippen LogP contribution in [0.2, 0.25) is 0 Å². The van der Waals surface area contributed by atoms with E-state index in [-0.39, 0.29) is 30.1 Å². The van der Waals surface area contributed by atoms with Gasteiger partial charge in [0.25, 0.3) is 0 Å². The van der Waals surface area contributed by atoms with Crippen molar-refractivity contribution in [2.24, 2.45) is 10.4 Å². The minimum atomic E-state index is 0. The van der Waals surface area contributed by atoms with Gasteiger partial charge in [0.05, 0.1) is 6.10 Å². The third-order valence-electron chi connectivity index (χ3n) is 6.35. The number of aliphatic imine (C=N–C) groups is 1. The third-order valence-corrected chi connectivity index (χ3v) is 6.35. The second kappa shape index (κ2) is 12.7. The van der Waals surface area contributed by atoms with Crippen molar-refractivity contribution in [2.45, 2.75) is 57.5 Å². The van der Waals surface area contributed by atoms with E-state index >= 15 is 0 Å². The lowest BCUT2D eigenvalue weighted by Gasteiger charge is -2.42. The van der Waals surface area contributed by atoms with Gasteiger partial charge >= 0.3 is 0 Å². The zero-order valence-corrected chi connectivity index (χ0v) is 20.4. The number of nitrogens with one attached hydrogen (secondary N) is 2. The van der Waals surface area contributed by atoms with Crippen LogP contribution in [0.1, 0.15) is 62.2 Å². The monoisotopic (exact) mass is 515 g/mol. The summed E-state index contributed by atoms with van der Waals surface area (Å²) in [6, 6.07) is 8.72. The minimum absolute atomic E-state index is 0. The van der Waals surface area contributed by atoms with Crippen molar-refractivity contribution in [1.29, 1.82) is 0 Å². The molecule has 0 aliphatic heterocycles. The van der Waals surface area contributed by atoms with Gasteiger partial charge in [-0.25, -0.2) is 0 Å². The molecule has 2 aliphatic rings. The fourth-order valence-electron chi connectivity index (χ4n) is 4.39. The second-order valence-electron chi connectivity index (χ2n) is 8.25. The standard InChI is InChI=1S/C23H37N3O2.HI/c1-24-22(26-18-23(12-6-13-23)14-17-27-2)25-15-7-16-28-21-11-5-9-19-8-3-4-10-20(19)21;/h3-4,8,10,21H,5-7,9,11-18H2,1-2H3,(H2,24,25,26);1H. The van der Waals surface area contributed by atoms with E-state index in [1.54, 1.807) is 7.11 Å². The first kappa shape index (κ1) is 24.4. The van der Waals surface area contributed by atoms with Crippen LogP contribution < -0.4 is 10.6 Å². The fraction of sp³-hybridized carbons (Fsp3) is 0.696. The first-order chi connectivity index (χ1) is 13.8. The van der Waals surface area contributed by atoms with E-state index in [4.69, 9.17) is 9.47 Å². The van der Waals surface area contributed by atoms with Crippen molar-refractivity contribution < 1.29 is 9.47 Å². The quantitative estimate of drug-likeness (QED) is 0.209. The molecule has 0 saturated heterocycles. The van der Waals surface area contributed by atoms with Crippen LogP contribution in [0.3, 0.4) is 0 Å². The maximum atomic E-state index is 6.20. The lowest BCUT2D eigenvalue weighted by molar-refractivity contribution is 0.0397. The van der Waals surface area contributed by atoms with Gasteiger partial charge in [-0.1, -0.05) is 30.7 Å². The summed E-state index contributed by atoms with van der Waals surface area (Å²) in [6.45, 7) is 3.47. The van der Waals surface area contributed by atoms with Crippen molar-refractivity contribution in [3.05, 3.63) is 35.4 Å². The molecule has 0 radical (unpaired) electrons. The van der Waals surface area contributed by atoms with Gasteiger partial charge < -0.3 is 20.1 Å². The van der Waals surface area contributed by atoms with Gasteiger partial charge in [-0.15, -0.1) is 24.0 Å². The SMILES string of the molecule is CN=C(NCCCOC1CCCc2ccccc21)NCC1(CCOC)CCC1.I. The lowest BCUT2D eigenvalue weighted by atomic mass is 9.67. The van der Waals surface area contributed by atoms with Gasteiger partial charge in [0.1, 0.15) is 0 Å². The van der Waals surface area contributed by atoms with Crippen molar-refractivity contribution in [3.63, 3.8) is 0 Å². The van der Waals surface area contributed by atoms with Crippen LogP contribution in [0.5, 0.6) is 0 Å². The summed E-state index contributed by atoms with van der Waals surface area (Å²) >= 11 is 0. The van der Waals surface area contributed by atoms with E-state index in [9.17, 15) is 0 Å². The molecule has 1 fully saturated rings. The summed E-state index contributed by atoms with van der Waals surface area (Å²) in [5.41, 5.74) is 3.24. The van der Waals surface area contributed by atoms with E-state index in [0.717, 1.165) is 51.5 Å². The van der Waals surface area contributed by atoms with E-state index in [0.29, 0.717) is 5.41 Å². The highest BCUT2D eigenvalue weighted by molar-refractivity contribution is 14.0. The molecule has 29 heavy (non-hydrogen) atoms. The fourth-order valence-corrected chi connectivity index (χ4v) is 4.39.